The minimum atomic E-state index is -0.441. The molecule has 104 valence electrons. The fraction of sp³-hybridized carbons (Fsp3) is 0.267. The van der Waals surface area contributed by atoms with E-state index in [2.05, 4.69) is 0 Å². The van der Waals surface area contributed by atoms with Crippen LogP contribution in [0.4, 0.5) is 0 Å². The van der Waals surface area contributed by atoms with Gasteiger partial charge < -0.3 is 4.74 Å². The molecule has 1 aliphatic rings. The van der Waals surface area contributed by atoms with Crippen molar-refractivity contribution in [2.75, 3.05) is 13.2 Å². The van der Waals surface area contributed by atoms with Gasteiger partial charge in [0.05, 0.1) is 17.7 Å². The van der Waals surface area contributed by atoms with Crippen LogP contribution in [0.25, 0.3) is 0 Å². The maximum absolute atomic E-state index is 12.1. The van der Waals surface area contributed by atoms with Gasteiger partial charge in [0.25, 0.3) is 11.8 Å². The van der Waals surface area contributed by atoms with Crippen molar-refractivity contribution >= 4 is 17.8 Å². The van der Waals surface area contributed by atoms with Crippen LogP contribution in [0.2, 0.25) is 0 Å². The van der Waals surface area contributed by atoms with E-state index >= 15 is 0 Å². The number of fused-ring (bicyclic) bond motifs is 1. The summed E-state index contributed by atoms with van der Waals surface area (Å²) in [4.78, 5) is 36.7. The van der Waals surface area contributed by atoms with Gasteiger partial charge in [-0.3, -0.25) is 14.5 Å². The molecule has 2 rings (SSSR count). The molecule has 5 heteroatoms. The quantitative estimate of drug-likeness (QED) is 0.476. The summed E-state index contributed by atoms with van der Waals surface area (Å²) in [7, 11) is 0. The first-order valence-corrected chi connectivity index (χ1v) is 6.35. The van der Waals surface area contributed by atoms with Crippen LogP contribution in [0.5, 0.6) is 0 Å². The summed E-state index contributed by atoms with van der Waals surface area (Å²) < 4.78 is 4.84. The van der Waals surface area contributed by atoms with Crippen molar-refractivity contribution in [2.24, 2.45) is 0 Å². The van der Waals surface area contributed by atoms with Crippen LogP contribution in [0.3, 0.4) is 0 Å². The molecule has 20 heavy (non-hydrogen) atoms. The molecule has 0 unspecified atom stereocenters. The molecule has 0 spiro atoms. The number of ether oxygens (including phenoxy) is 1. The van der Waals surface area contributed by atoms with Gasteiger partial charge in [-0.2, -0.15) is 0 Å². The first-order valence-electron chi connectivity index (χ1n) is 6.35. The highest BCUT2D eigenvalue weighted by Crippen LogP contribution is 2.22. The number of hydrogen-bond acceptors (Lipinski definition) is 4. The van der Waals surface area contributed by atoms with Gasteiger partial charge in [-0.25, -0.2) is 4.79 Å². The van der Waals surface area contributed by atoms with Crippen molar-refractivity contribution < 1.29 is 19.1 Å². The number of imide groups is 1. The van der Waals surface area contributed by atoms with Crippen molar-refractivity contribution in [1.82, 2.24) is 4.90 Å². The van der Waals surface area contributed by atoms with Crippen LogP contribution in [0.15, 0.2) is 35.9 Å². The predicted molar refractivity (Wildman–Crippen MR) is 72.2 cm³/mol. The molecule has 2 amide bonds. The lowest BCUT2D eigenvalue weighted by Crippen LogP contribution is -2.30. The van der Waals surface area contributed by atoms with Gasteiger partial charge in [0.1, 0.15) is 0 Å². The monoisotopic (exact) mass is 273 g/mol. The van der Waals surface area contributed by atoms with Gasteiger partial charge in [-0.15, -0.1) is 0 Å². The maximum Gasteiger partial charge on any atom is 0.333 e. The molecule has 0 fully saturated rings. The molecule has 0 aromatic heterocycles. The van der Waals surface area contributed by atoms with E-state index in [9.17, 15) is 14.4 Å². The van der Waals surface area contributed by atoms with Gasteiger partial charge >= 0.3 is 5.97 Å². The van der Waals surface area contributed by atoms with Gasteiger partial charge in [0.2, 0.25) is 0 Å². The lowest BCUT2D eigenvalue weighted by atomic mass is 10.1. The van der Waals surface area contributed by atoms with Crippen molar-refractivity contribution in [1.29, 1.82) is 0 Å². The summed E-state index contributed by atoms with van der Waals surface area (Å²) in [6, 6.07) is 6.68. The minimum Gasteiger partial charge on any atom is -0.463 e. The van der Waals surface area contributed by atoms with Crippen LogP contribution in [-0.4, -0.2) is 35.8 Å². The molecule has 0 saturated heterocycles. The molecule has 0 N–H and O–H groups in total. The Morgan fingerprint density at radius 3 is 2.25 bits per heavy atom. The van der Waals surface area contributed by atoms with Crippen molar-refractivity contribution in [3.8, 4) is 0 Å². The average Bonchev–Trinajstić information content (AvgIpc) is 2.69. The lowest BCUT2D eigenvalue weighted by Gasteiger charge is -2.11. The highest BCUT2D eigenvalue weighted by atomic mass is 16.5. The van der Waals surface area contributed by atoms with E-state index in [1.807, 2.05) is 0 Å². The maximum atomic E-state index is 12.1. The molecule has 0 bridgehead atoms. The Morgan fingerprint density at radius 1 is 1.20 bits per heavy atom. The lowest BCUT2D eigenvalue weighted by molar-refractivity contribution is -0.138. The molecule has 1 heterocycles. The number of benzene rings is 1. The SMILES string of the molecule is CCOC(=O)/C(C)=C/CN1C(=O)c2ccccc2C1=O. The van der Waals surface area contributed by atoms with E-state index in [1.165, 1.54) is 6.08 Å². The molecular formula is C15H15NO4. The largest absolute Gasteiger partial charge is 0.463 e. The van der Waals surface area contributed by atoms with E-state index in [1.54, 1.807) is 38.1 Å². The van der Waals surface area contributed by atoms with Gasteiger partial charge in [0.15, 0.2) is 0 Å². The molecule has 1 aliphatic heterocycles. The third kappa shape index (κ3) is 2.47. The van der Waals surface area contributed by atoms with Gasteiger partial charge in [0, 0.05) is 12.1 Å². The second-order valence-corrected chi connectivity index (χ2v) is 4.37. The Labute approximate surface area is 116 Å². The Kier molecular flexibility index (Phi) is 3.98. The smallest absolute Gasteiger partial charge is 0.333 e. The van der Waals surface area contributed by atoms with Crippen LogP contribution in [-0.2, 0) is 9.53 Å². The zero-order valence-corrected chi connectivity index (χ0v) is 11.4. The Bertz CT molecular complexity index is 569. The molecule has 0 radical (unpaired) electrons. The Balaban J connectivity index is 2.13. The summed E-state index contributed by atoms with van der Waals surface area (Å²) in [5, 5.41) is 0. The summed E-state index contributed by atoms with van der Waals surface area (Å²) in [6.45, 7) is 3.67. The van der Waals surface area contributed by atoms with Crippen LogP contribution in [0.1, 0.15) is 34.6 Å². The first kappa shape index (κ1) is 14.0. The number of amides is 2. The van der Waals surface area contributed by atoms with E-state index in [0.29, 0.717) is 16.7 Å². The van der Waals surface area contributed by atoms with E-state index in [0.717, 1.165) is 4.90 Å². The fourth-order valence-corrected chi connectivity index (χ4v) is 1.96. The molecular weight excluding hydrogens is 258 g/mol. The number of esters is 1. The van der Waals surface area contributed by atoms with Crippen molar-refractivity contribution in [3.05, 3.63) is 47.0 Å². The molecule has 0 atom stereocenters. The van der Waals surface area contributed by atoms with E-state index < -0.39 is 5.97 Å². The topological polar surface area (TPSA) is 63.7 Å². The zero-order chi connectivity index (χ0) is 14.7. The molecule has 0 aliphatic carbocycles. The third-order valence-electron chi connectivity index (χ3n) is 3.06. The van der Waals surface area contributed by atoms with Gasteiger partial charge in [-0.1, -0.05) is 18.2 Å². The fourth-order valence-electron chi connectivity index (χ4n) is 1.96. The first-order chi connectivity index (χ1) is 9.56. The predicted octanol–water partition coefficient (Wildman–Crippen LogP) is 1.79. The molecule has 1 aromatic rings. The standard InChI is InChI=1S/C15H15NO4/c1-3-20-15(19)10(2)8-9-16-13(17)11-6-4-5-7-12(11)14(16)18/h4-8H,3,9H2,1-2H3/b10-8+. The highest BCUT2D eigenvalue weighted by molar-refractivity contribution is 6.21. The van der Waals surface area contributed by atoms with Crippen LogP contribution >= 0.6 is 0 Å². The Hall–Kier alpha value is -2.43. The second-order valence-electron chi connectivity index (χ2n) is 4.37. The summed E-state index contributed by atoms with van der Waals surface area (Å²) >= 11 is 0. The second kappa shape index (κ2) is 5.69. The molecule has 1 aromatic carbocycles. The molecule has 0 saturated carbocycles. The van der Waals surface area contributed by atoms with Crippen LogP contribution < -0.4 is 0 Å². The number of rotatable bonds is 4. The summed E-state index contributed by atoms with van der Waals surface area (Å²) in [5.41, 5.74) is 1.18. The van der Waals surface area contributed by atoms with Crippen molar-refractivity contribution in [3.63, 3.8) is 0 Å². The number of carbonyl (C=O) groups excluding carboxylic acids is 3. The van der Waals surface area contributed by atoms with Gasteiger partial charge in [-0.05, 0) is 26.0 Å². The number of nitrogens with zero attached hydrogens (tertiary/aromatic N) is 1. The molecule has 5 nitrogen and oxygen atoms in total. The normalized spacial score (nSPS) is 14.5. The van der Waals surface area contributed by atoms with E-state index in [4.69, 9.17) is 4.74 Å². The third-order valence-corrected chi connectivity index (χ3v) is 3.06. The Morgan fingerprint density at radius 2 is 1.75 bits per heavy atom. The summed E-state index contributed by atoms with van der Waals surface area (Å²) in [6.07, 6.45) is 1.53. The van der Waals surface area contributed by atoms with E-state index in [-0.39, 0.29) is 25.0 Å². The summed E-state index contributed by atoms with van der Waals surface area (Å²) in [5.74, 6) is -1.11. The number of hydrogen-bond donors (Lipinski definition) is 0. The zero-order valence-electron chi connectivity index (χ0n) is 11.4. The minimum absolute atomic E-state index is 0.0665. The number of carbonyl (C=O) groups is 3. The highest BCUT2D eigenvalue weighted by Gasteiger charge is 2.34. The average molecular weight is 273 g/mol. The van der Waals surface area contributed by atoms with Crippen LogP contribution in [0, 0.1) is 0 Å². The van der Waals surface area contributed by atoms with Crippen molar-refractivity contribution in [2.45, 2.75) is 13.8 Å².